The number of amides is 1. The Morgan fingerprint density at radius 2 is 1.95 bits per heavy atom. The lowest BCUT2D eigenvalue weighted by Crippen LogP contribution is -2.48. The smallest absolute Gasteiger partial charge is 0.310 e. The van der Waals surface area contributed by atoms with Gasteiger partial charge in [-0.1, -0.05) is 12.8 Å². The second-order valence-corrected chi connectivity index (χ2v) is 6.11. The highest BCUT2D eigenvalue weighted by atomic mass is 16.5. The molecule has 0 bridgehead atoms. The second-order valence-electron chi connectivity index (χ2n) is 6.11. The molecule has 0 aromatic rings. The van der Waals surface area contributed by atoms with Crippen molar-refractivity contribution in [2.45, 2.75) is 57.2 Å². The minimum absolute atomic E-state index is 0.00630. The van der Waals surface area contributed by atoms with E-state index in [2.05, 4.69) is 5.32 Å². The summed E-state index contributed by atoms with van der Waals surface area (Å²) >= 11 is 0. The van der Waals surface area contributed by atoms with Crippen LogP contribution in [0.25, 0.3) is 0 Å². The van der Waals surface area contributed by atoms with Gasteiger partial charge in [-0.05, 0) is 19.8 Å². The summed E-state index contributed by atoms with van der Waals surface area (Å²) in [5, 5.41) is 22.3. The molecule has 3 N–H and O–H groups in total. The third-order valence-corrected chi connectivity index (χ3v) is 4.76. The molecule has 0 spiro atoms. The summed E-state index contributed by atoms with van der Waals surface area (Å²) in [5.41, 5.74) is -1.95. The van der Waals surface area contributed by atoms with Crippen molar-refractivity contribution in [3.05, 3.63) is 0 Å². The summed E-state index contributed by atoms with van der Waals surface area (Å²) in [4.78, 5) is 23.4. The summed E-state index contributed by atoms with van der Waals surface area (Å²) in [5.74, 6) is -1.19. The molecule has 2 unspecified atom stereocenters. The molecule has 0 radical (unpaired) electrons. The van der Waals surface area contributed by atoms with Gasteiger partial charge in [0.1, 0.15) is 5.60 Å². The van der Waals surface area contributed by atoms with E-state index < -0.39 is 17.0 Å². The second kappa shape index (κ2) is 5.69. The Morgan fingerprint density at radius 1 is 1.30 bits per heavy atom. The molecule has 2 aliphatic rings. The number of hydrogen-bond acceptors (Lipinski definition) is 4. The number of rotatable bonds is 5. The van der Waals surface area contributed by atoms with Gasteiger partial charge in [-0.2, -0.15) is 0 Å². The SMILES string of the molecule is CC1OCCC1(O)CNC(=O)CC1(C(=O)O)CCCC1. The standard InChI is InChI=1S/C14H23NO5/c1-10-14(19,6-7-20-10)9-15-11(16)8-13(12(17)18)4-2-3-5-13/h10,19H,2-9H2,1H3,(H,15,16)(H,17,18). The van der Waals surface area contributed by atoms with E-state index in [1.165, 1.54) is 0 Å². The molecule has 6 nitrogen and oxygen atoms in total. The molecule has 2 atom stereocenters. The Labute approximate surface area is 118 Å². The lowest BCUT2D eigenvalue weighted by molar-refractivity contribution is -0.151. The third-order valence-electron chi connectivity index (χ3n) is 4.76. The minimum atomic E-state index is -1.04. The average molecular weight is 285 g/mol. The number of ether oxygens (including phenoxy) is 1. The third kappa shape index (κ3) is 2.96. The molecule has 1 aliphatic heterocycles. The maximum absolute atomic E-state index is 12.0. The topological polar surface area (TPSA) is 95.9 Å². The van der Waals surface area contributed by atoms with Crippen LogP contribution >= 0.6 is 0 Å². The first kappa shape index (κ1) is 15.3. The van der Waals surface area contributed by atoms with Crippen LogP contribution in [-0.4, -0.2) is 46.9 Å². The van der Waals surface area contributed by atoms with Gasteiger partial charge in [0, 0.05) is 26.0 Å². The Balaban J connectivity index is 1.88. The number of carbonyl (C=O) groups is 2. The summed E-state index contributed by atoms with van der Waals surface area (Å²) in [6.45, 7) is 2.37. The molecular formula is C14H23NO5. The van der Waals surface area contributed by atoms with Gasteiger partial charge in [0.2, 0.25) is 5.91 Å². The molecule has 114 valence electrons. The molecule has 1 saturated heterocycles. The summed E-state index contributed by atoms with van der Waals surface area (Å²) in [7, 11) is 0. The average Bonchev–Trinajstić information content (AvgIpc) is 2.97. The molecule has 1 amide bonds. The summed E-state index contributed by atoms with van der Waals surface area (Å²) < 4.78 is 5.30. The Hall–Kier alpha value is -1.14. The quantitative estimate of drug-likeness (QED) is 0.690. The Morgan fingerprint density at radius 3 is 2.45 bits per heavy atom. The first-order chi connectivity index (χ1) is 9.38. The minimum Gasteiger partial charge on any atom is -0.481 e. The van der Waals surface area contributed by atoms with Crippen LogP contribution in [0.5, 0.6) is 0 Å². The van der Waals surface area contributed by atoms with Gasteiger partial charge < -0.3 is 20.3 Å². The maximum atomic E-state index is 12.0. The van der Waals surface area contributed by atoms with E-state index in [4.69, 9.17) is 4.74 Å². The van der Waals surface area contributed by atoms with Crippen LogP contribution in [0.15, 0.2) is 0 Å². The zero-order valence-corrected chi connectivity index (χ0v) is 11.9. The van der Waals surface area contributed by atoms with Gasteiger partial charge in [-0.3, -0.25) is 9.59 Å². The van der Waals surface area contributed by atoms with E-state index in [0.717, 1.165) is 12.8 Å². The molecule has 0 aromatic carbocycles. The van der Waals surface area contributed by atoms with Gasteiger partial charge in [0.25, 0.3) is 0 Å². The molecule has 1 aliphatic carbocycles. The van der Waals surface area contributed by atoms with E-state index in [-0.39, 0.29) is 25.0 Å². The fourth-order valence-corrected chi connectivity index (χ4v) is 3.14. The zero-order chi connectivity index (χ0) is 14.8. The van der Waals surface area contributed by atoms with Crippen LogP contribution in [-0.2, 0) is 14.3 Å². The van der Waals surface area contributed by atoms with Crippen molar-refractivity contribution in [1.82, 2.24) is 5.32 Å². The van der Waals surface area contributed by atoms with Crippen molar-refractivity contribution in [3.63, 3.8) is 0 Å². The predicted molar refractivity (Wildman–Crippen MR) is 71.1 cm³/mol. The largest absolute Gasteiger partial charge is 0.481 e. The monoisotopic (exact) mass is 285 g/mol. The van der Waals surface area contributed by atoms with Crippen LogP contribution in [0.4, 0.5) is 0 Å². The predicted octanol–water partition coefficient (Wildman–Crippen LogP) is 0.678. The number of carbonyl (C=O) groups excluding carboxylic acids is 1. The van der Waals surface area contributed by atoms with Crippen LogP contribution in [0, 0.1) is 5.41 Å². The van der Waals surface area contributed by atoms with E-state index in [1.54, 1.807) is 6.92 Å². The lowest BCUT2D eigenvalue weighted by Gasteiger charge is -2.28. The zero-order valence-electron chi connectivity index (χ0n) is 11.9. The lowest BCUT2D eigenvalue weighted by atomic mass is 9.82. The number of carboxylic acid groups (broad SMARTS) is 1. The van der Waals surface area contributed by atoms with Crippen molar-refractivity contribution >= 4 is 11.9 Å². The molecular weight excluding hydrogens is 262 g/mol. The first-order valence-electron chi connectivity index (χ1n) is 7.22. The molecule has 2 rings (SSSR count). The van der Waals surface area contributed by atoms with Crippen LogP contribution in [0.1, 0.15) is 45.4 Å². The van der Waals surface area contributed by atoms with E-state index in [0.29, 0.717) is 25.9 Å². The Bertz CT molecular complexity index is 391. The first-order valence-corrected chi connectivity index (χ1v) is 7.22. The number of nitrogens with one attached hydrogen (secondary N) is 1. The highest BCUT2D eigenvalue weighted by molar-refractivity contribution is 5.85. The van der Waals surface area contributed by atoms with Gasteiger partial charge in [0.05, 0.1) is 11.5 Å². The molecule has 20 heavy (non-hydrogen) atoms. The highest BCUT2D eigenvalue weighted by Gasteiger charge is 2.44. The molecule has 0 aromatic heterocycles. The maximum Gasteiger partial charge on any atom is 0.310 e. The van der Waals surface area contributed by atoms with Gasteiger partial charge in [-0.15, -0.1) is 0 Å². The fraction of sp³-hybridized carbons (Fsp3) is 0.857. The fourth-order valence-electron chi connectivity index (χ4n) is 3.14. The molecule has 1 heterocycles. The van der Waals surface area contributed by atoms with Gasteiger partial charge in [-0.25, -0.2) is 0 Å². The molecule has 6 heteroatoms. The Kier molecular flexibility index (Phi) is 4.34. The van der Waals surface area contributed by atoms with Crippen molar-refractivity contribution in [3.8, 4) is 0 Å². The van der Waals surface area contributed by atoms with Crippen molar-refractivity contribution in [1.29, 1.82) is 0 Å². The van der Waals surface area contributed by atoms with Crippen molar-refractivity contribution in [2.24, 2.45) is 5.41 Å². The molecule has 2 fully saturated rings. The summed E-state index contributed by atoms with van der Waals surface area (Å²) in [6.07, 6.45) is 2.98. The van der Waals surface area contributed by atoms with Crippen LogP contribution in [0.3, 0.4) is 0 Å². The highest BCUT2D eigenvalue weighted by Crippen LogP contribution is 2.41. The number of carboxylic acids is 1. The van der Waals surface area contributed by atoms with Crippen molar-refractivity contribution < 1.29 is 24.5 Å². The summed E-state index contributed by atoms with van der Waals surface area (Å²) in [6, 6.07) is 0. The van der Waals surface area contributed by atoms with Gasteiger partial charge in [0.15, 0.2) is 0 Å². The van der Waals surface area contributed by atoms with Gasteiger partial charge >= 0.3 is 5.97 Å². The van der Waals surface area contributed by atoms with Crippen LogP contribution < -0.4 is 5.32 Å². The van der Waals surface area contributed by atoms with Crippen molar-refractivity contribution in [2.75, 3.05) is 13.2 Å². The van der Waals surface area contributed by atoms with E-state index in [1.807, 2.05) is 0 Å². The van der Waals surface area contributed by atoms with E-state index in [9.17, 15) is 19.8 Å². The number of aliphatic carboxylic acids is 1. The normalized spacial score (nSPS) is 32.2. The number of hydrogen-bond donors (Lipinski definition) is 3. The number of aliphatic hydroxyl groups is 1. The molecule has 1 saturated carbocycles. The van der Waals surface area contributed by atoms with Crippen LogP contribution in [0.2, 0.25) is 0 Å². The van der Waals surface area contributed by atoms with E-state index >= 15 is 0 Å².